The number of carbonyl (C=O) groups excluding carboxylic acids is 6. The van der Waals surface area contributed by atoms with Crippen molar-refractivity contribution < 1.29 is 52.1 Å². The Kier molecular flexibility index (Phi) is 23.4. The van der Waals surface area contributed by atoms with E-state index in [0.717, 1.165) is 218 Å². The molecule has 9 aromatic rings. The largest absolute Gasteiger partial charge is 0.494 e. The number of aromatic nitrogens is 7. The molecule has 0 bridgehead atoms. The average molecular weight is 1520 g/mol. The number of imidazole rings is 3. The second kappa shape index (κ2) is 33.6. The van der Waals surface area contributed by atoms with Gasteiger partial charge in [0.05, 0.1) is 91.6 Å². The number of ether oxygens (including phenoxy) is 4. The Bertz CT molecular complexity index is 5060. The van der Waals surface area contributed by atoms with Crippen LogP contribution in [-0.2, 0) is 93.3 Å². The van der Waals surface area contributed by atoms with Gasteiger partial charge in [0.1, 0.15) is 23.3 Å². The highest BCUT2D eigenvalue weighted by molar-refractivity contribution is 5.98. The summed E-state index contributed by atoms with van der Waals surface area (Å²) in [7, 11) is 5.71. The summed E-state index contributed by atoms with van der Waals surface area (Å²) in [4.78, 5) is 112. The van der Waals surface area contributed by atoms with Gasteiger partial charge < -0.3 is 52.7 Å². The Morgan fingerprint density at radius 2 is 1.16 bits per heavy atom. The van der Waals surface area contributed by atoms with E-state index in [0.29, 0.717) is 44.9 Å². The van der Waals surface area contributed by atoms with Gasteiger partial charge in [0, 0.05) is 130 Å². The maximum atomic E-state index is 14.4. The number of halogens is 1. The molecule has 0 unspecified atom stereocenters. The van der Waals surface area contributed by atoms with E-state index in [1.807, 2.05) is 74.2 Å². The number of piperidine rings is 1. The predicted molar refractivity (Wildman–Crippen MR) is 423 cm³/mol. The highest BCUT2D eigenvalue weighted by Gasteiger charge is 2.38. The van der Waals surface area contributed by atoms with Crippen LogP contribution in [0.1, 0.15) is 162 Å². The Morgan fingerprint density at radius 3 is 1.74 bits per heavy atom. The quantitative estimate of drug-likeness (QED) is 0.0905. The van der Waals surface area contributed by atoms with E-state index in [9.17, 15) is 38.0 Å². The Hall–Kier alpha value is -10.5. The SMILES string of the molecule is COC(=O)N1c2ccc3c(nc(CCn4ccccc4=O)n3CCN3CC[C@H](NC(C)=O)C3)c2CC[C@@H]1C.COC(=O)N1c2ccc3c(nc(CN4Cc5ccccc5CC4=O)n3[C@@H]3CCC[C@@H](C(C)=O)C3)c2CC[C@@H]1C.COC(=O)N1c2ccc3c(nc(Cc4ccc(OC)c(F)c4)n3C3CCNCC3)c2CC[C@@H]1C. The number of fused-ring (bicyclic) bond motifs is 10. The number of nitrogens with zero attached hydrogens (tertiary/aromatic N) is 12. The maximum Gasteiger partial charge on any atom is 0.414 e. The van der Waals surface area contributed by atoms with E-state index in [1.54, 1.807) is 57.5 Å². The van der Waals surface area contributed by atoms with Crippen molar-refractivity contribution in [1.82, 2.24) is 53.7 Å². The highest BCUT2D eigenvalue weighted by Crippen LogP contribution is 2.44. The number of aryl methyl sites for hydroxylation is 5. The Morgan fingerprint density at radius 1 is 0.595 bits per heavy atom. The zero-order valence-corrected chi connectivity index (χ0v) is 65.3. The standard InChI is InChI=1S/C31H36N4O4.C28H36N6O4.C26H31FN4O3/c1-19-11-12-25-26(34(19)31(38)39-3)13-14-27-30(25)32-28(35(27)24-10-6-9-21(15-24)20(2)36)18-33-17-23-8-5-4-7-22(23)16-29(33)37;1-19-7-8-22-23(34(19)28(37)38-3)9-10-24-27(22)30-25(12-15-32-13-5-4-6-26(32)36)33(24)17-16-31-14-11-21(18-31)29-20(2)35;1-16-4-6-19-21(30(16)26(32)34-3)7-8-22-25(19)29-24(31(22)18-10-12-28-13-11-18)15-17-5-9-23(33-2)20(27)14-17/h4-5,7-8,13-14,19,21,24H,6,9-12,15-18H2,1-3H3;4-6,9-10,13,19,21H,7-8,11-12,14-18H2,1-3H3,(H,29,35);5,7-9,14,16,18,28H,4,6,10-13,15H2,1-3H3/t19-,21+,24+;19-,21-;16-/m000/s1. The van der Waals surface area contributed by atoms with Gasteiger partial charge in [-0.05, 0) is 189 Å². The third-order valence-corrected chi connectivity index (χ3v) is 23.9. The first kappa shape index (κ1) is 77.3. The number of ketones is 1. The number of nitrogens with one attached hydrogen (secondary N) is 2. The molecule has 1 aliphatic carbocycles. The summed E-state index contributed by atoms with van der Waals surface area (Å²) < 4.78 is 43.4. The molecule has 0 radical (unpaired) electrons. The molecule has 10 heterocycles. The fourth-order valence-electron chi connectivity index (χ4n) is 18.1. The summed E-state index contributed by atoms with van der Waals surface area (Å²) in [5.74, 6) is 2.96. The van der Waals surface area contributed by atoms with Crippen LogP contribution in [0.2, 0.25) is 0 Å². The minimum atomic E-state index is -0.371. The van der Waals surface area contributed by atoms with Crippen molar-refractivity contribution >= 4 is 86.0 Å². The van der Waals surface area contributed by atoms with Crippen LogP contribution in [0.15, 0.2) is 108 Å². The van der Waals surface area contributed by atoms with E-state index in [4.69, 9.17) is 33.9 Å². The zero-order chi connectivity index (χ0) is 77.9. The van der Waals surface area contributed by atoms with Crippen molar-refractivity contribution in [3.63, 3.8) is 0 Å². The highest BCUT2D eigenvalue weighted by atomic mass is 19.1. The summed E-state index contributed by atoms with van der Waals surface area (Å²) >= 11 is 0. The molecule has 16 rings (SSSR count). The van der Waals surface area contributed by atoms with Crippen molar-refractivity contribution in [2.75, 3.05) is 75.9 Å². The van der Waals surface area contributed by atoms with Crippen molar-refractivity contribution in [3.05, 3.63) is 170 Å². The van der Waals surface area contributed by atoms with Crippen LogP contribution in [0, 0.1) is 11.7 Å². The van der Waals surface area contributed by atoms with Crippen LogP contribution >= 0.6 is 0 Å². The number of pyridine rings is 1. The number of hydrogen-bond donors (Lipinski definition) is 2. The number of carbonyl (C=O) groups is 6. The fraction of sp³-hybridized carbons (Fsp3) is 0.482. The molecular weight excluding hydrogens is 1410 g/mol. The molecule has 3 fully saturated rings. The molecule has 4 aromatic heterocycles. The molecule has 2 N–H and O–H groups in total. The van der Waals surface area contributed by atoms with Gasteiger partial charge in [0.25, 0.3) is 5.56 Å². The maximum absolute atomic E-state index is 14.4. The number of benzene rings is 5. The molecule has 26 heteroatoms. The molecule has 6 aliphatic heterocycles. The second-order valence-electron chi connectivity index (χ2n) is 30.9. The molecule has 7 aliphatic rings. The Balaban J connectivity index is 0.000000139. The fourth-order valence-corrected chi connectivity index (χ4v) is 18.1. The van der Waals surface area contributed by atoms with Gasteiger partial charge in [0.2, 0.25) is 11.8 Å². The Labute approximate surface area is 646 Å². The van der Waals surface area contributed by atoms with Crippen molar-refractivity contribution in [1.29, 1.82) is 0 Å². The predicted octanol–water partition coefficient (Wildman–Crippen LogP) is 12.5. The summed E-state index contributed by atoms with van der Waals surface area (Å²) in [5.41, 5.74) is 14.7. The molecule has 1 saturated carbocycles. The van der Waals surface area contributed by atoms with Crippen LogP contribution in [0.3, 0.4) is 0 Å². The molecule has 586 valence electrons. The molecule has 25 nitrogen and oxygen atoms in total. The van der Waals surface area contributed by atoms with Crippen LogP contribution < -0.4 is 35.6 Å². The third-order valence-electron chi connectivity index (χ3n) is 23.9. The van der Waals surface area contributed by atoms with E-state index < -0.39 is 0 Å². The lowest BCUT2D eigenvalue weighted by Gasteiger charge is -2.34. The monoisotopic (exact) mass is 1510 g/mol. The van der Waals surface area contributed by atoms with Crippen LogP contribution in [0.5, 0.6) is 5.75 Å². The number of amides is 5. The first-order chi connectivity index (χ1) is 53.7. The van der Waals surface area contributed by atoms with Gasteiger partial charge >= 0.3 is 18.3 Å². The van der Waals surface area contributed by atoms with Crippen LogP contribution in [0.4, 0.5) is 35.8 Å². The number of hydrogen-bond acceptors (Lipinski definition) is 16. The molecule has 5 amide bonds. The molecule has 5 aromatic carbocycles. The molecule has 6 atom stereocenters. The molecule has 2 saturated heterocycles. The van der Waals surface area contributed by atoms with Gasteiger partial charge in [-0.15, -0.1) is 0 Å². The lowest BCUT2D eigenvalue weighted by Crippen LogP contribution is -2.42. The number of methoxy groups -OCH3 is 4. The zero-order valence-electron chi connectivity index (χ0n) is 65.3. The lowest BCUT2D eigenvalue weighted by molar-refractivity contribution is -0.132. The summed E-state index contributed by atoms with van der Waals surface area (Å²) in [6, 6.07) is 31.4. The minimum absolute atomic E-state index is 0.0102. The first-order valence-electron chi connectivity index (χ1n) is 39.4. The van der Waals surface area contributed by atoms with Crippen LogP contribution in [0.25, 0.3) is 33.1 Å². The van der Waals surface area contributed by atoms with E-state index in [1.165, 1.54) is 40.1 Å². The molecular formula is C85H103FN14O11. The van der Waals surface area contributed by atoms with E-state index in [-0.39, 0.29) is 89.1 Å². The summed E-state index contributed by atoms with van der Waals surface area (Å²) in [5, 5.41) is 6.47. The van der Waals surface area contributed by atoms with E-state index >= 15 is 0 Å². The van der Waals surface area contributed by atoms with Crippen LogP contribution in [-0.4, -0.2) is 164 Å². The van der Waals surface area contributed by atoms with Crippen molar-refractivity contribution in [3.8, 4) is 5.75 Å². The lowest BCUT2D eigenvalue weighted by atomic mass is 9.83. The first-order valence-corrected chi connectivity index (χ1v) is 39.4. The molecule has 111 heavy (non-hydrogen) atoms. The molecule has 0 spiro atoms. The van der Waals surface area contributed by atoms with E-state index in [2.05, 4.69) is 53.5 Å². The normalized spacial score (nSPS) is 20.5. The third kappa shape index (κ3) is 16.0. The summed E-state index contributed by atoms with van der Waals surface area (Å²) in [6.07, 6.45) is 13.9. The van der Waals surface area contributed by atoms with Gasteiger partial charge in [-0.1, -0.05) is 42.8 Å². The topological polar surface area (TPSA) is 255 Å². The van der Waals surface area contributed by atoms with Crippen molar-refractivity contribution in [2.24, 2.45) is 5.92 Å². The van der Waals surface area contributed by atoms with Gasteiger partial charge in [-0.3, -0.25) is 38.8 Å². The summed E-state index contributed by atoms with van der Waals surface area (Å²) in [6.45, 7) is 16.2. The van der Waals surface area contributed by atoms with Crippen molar-refractivity contribution in [2.45, 2.75) is 200 Å². The number of anilines is 3. The number of Topliss-reactive ketones (excluding diaryl/α,β-unsaturated/α-hetero) is 1. The number of rotatable bonds is 15. The smallest absolute Gasteiger partial charge is 0.414 e. The second-order valence-corrected chi connectivity index (χ2v) is 30.9. The average Bonchev–Trinajstić information content (AvgIpc) is 1.62. The van der Waals surface area contributed by atoms with Gasteiger partial charge in [0.15, 0.2) is 11.6 Å². The minimum Gasteiger partial charge on any atom is -0.494 e. The van der Waals surface area contributed by atoms with Gasteiger partial charge in [-0.2, -0.15) is 0 Å². The van der Waals surface area contributed by atoms with Gasteiger partial charge in [-0.25, -0.2) is 33.7 Å². The number of likely N-dealkylation sites (tertiary alicyclic amines) is 1.